The minimum Gasteiger partial charge on any atom is -0.373 e. The Labute approximate surface area is 134 Å². The van der Waals surface area contributed by atoms with E-state index < -0.39 is 0 Å². The molecule has 0 spiro atoms. The third-order valence-corrected chi connectivity index (χ3v) is 3.48. The highest BCUT2D eigenvalue weighted by Gasteiger charge is 2.13. The van der Waals surface area contributed by atoms with Gasteiger partial charge in [0, 0.05) is 34.3 Å². The molecule has 0 aliphatic heterocycles. The van der Waals surface area contributed by atoms with Crippen molar-refractivity contribution in [2.45, 2.75) is 26.7 Å². The maximum atomic E-state index is 6.03. The molecule has 1 aromatic heterocycles. The summed E-state index contributed by atoms with van der Waals surface area (Å²) in [5.74, 6) is 2.57. The Morgan fingerprint density at radius 1 is 1.00 bits per heavy atom. The van der Waals surface area contributed by atoms with Crippen molar-refractivity contribution in [1.82, 2.24) is 9.97 Å². The lowest BCUT2D eigenvalue weighted by Crippen LogP contribution is -2.08. The second-order valence-corrected chi connectivity index (χ2v) is 5.96. The van der Waals surface area contributed by atoms with Crippen molar-refractivity contribution in [1.29, 1.82) is 0 Å². The van der Waals surface area contributed by atoms with E-state index in [0.29, 0.717) is 10.0 Å². The Hall–Kier alpha value is -1.52. The van der Waals surface area contributed by atoms with Crippen LogP contribution in [0.15, 0.2) is 18.2 Å². The average Bonchev–Trinajstić information content (AvgIpc) is 2.39. The van der Waals surface area contributed by atoms with Gasteiger partial charge >= 0.3 is 0 Å². The number of hydrogen-bond donors (Lipinski definition) is 2. The monoisotopic (exact) mass is 324 g/mol. The Morgan fingerprint density at radius 3 is 2.10 bits per heavy atom. The fraction of sp³-hybridized carbons (Fsp3) is 0.333. The first-order valence-corrected chi connectivity index (χ1v) is 7.45. The number of aromatic nitrogens is 2. The number of nitrogens with one attached hydrogen (secondary N) is 2. The molecule has 0 bridgehead atoms. The number of rotatable bonds is 4. The lowest BCUT2D eigenvalue weighted by atomic mass is 10.2. The van der Waals surface area contributed by atoms with Crippen molar-refractivity contribution in [3.8, 4) is 0 Å². The van der Waals surface area contributed by atoms with Crippen molar-refractivity contribution in [2.75, 3.05) is 17.7 Å². The van der Waals surface area contributed by atoms with E-state index in [1.807, 2.05) is 26.1 Å². The number of benzene rings is 1. The molecule has 0 aliphatic rings. The smallest absolute Gasteiger partial charge is 0.139 e. The lowest BCUT2D eigenvalue weighted by molar-refractivity contribution is 0.775. The lowest BCUT2D eigenvalue weighted by Gasteiger charge is -2.15. The van der Waals surface area contributed by atoms with E-state index in [9.17, 15) is 0 Å². The van der Waals surface area contributed by atoms with Crippen LogP contribution in [0.25, 0.3) is 0 Å². The Morgan fingerprint density at radius 2 is 1.57 bits per heavy atom. The van der Waals surface area contributed by atoms with Gasteiger partial charge in [-0.2, -0.15) is 0 Å². The van der Waals surface area contributed by atoms with Crippen LogP contribution in [0, 0.1) is 6.92 Å². The van der Waals surface area contributed by atoms with E-state index >= 15 is 0 Å². The minimum absolute atomic E-state index is 0.237. The first-order chi connectivity index (χ1) is 9.90. The van der Waals surface area contributed by atoms with Crippen LogP contribution in [0.1, 0.15) is 31.2 Å². The molecule has 0 aliphatic carbocycles. The summed E-state index contributed by atoms with van der Waals surface area (Å²) in [5, 5.41) is 7.52. The predicted octanol–water partition coefficient (Wildman–Crippen LogP) is 5.00. The normalized spacial score (nSPS) is 10.8. The molecule has 0 saturated carbocycles. The van der Waals surface area contributed by atoms with E-state index in [2.05, 4.69) is 34.4 Å². The maximum absolute atomic E-state index is 6.03. The van der Waals surface area contributed by atoms with E-state index in [-0.39, 0.29) is 5.92 Å². The van der Waals surface area contributed by atoms with Crippen LogP contribution >= 0.6 is 23.2 Å². The first-order valence-electron chi connectivity index (χ1n) is 6.70. The zero-order valence-corrected chi connectivity index (χ0v) is 14.0. The van der Waals surface area contributed by atoms with Gasteiger partial charge in [-0.3, -0.25) is 0 Å². The van der Waals surface area contributed by atoms with Gasteiger partial charge in [0.15, 0.2) is 0 Å². The molecule has 0 saturated heterocycles. The van der Waals surface area contributed by atoms with E-state index in [4.69, 9.17) is 23.2 Å². The highest BCUT2D eigenvalue weighted by molar-refractivity contribution is 6.35. The molecular formula is C15H18Cl2N4. The third-order valence-electron chi connectivity index (χ3n) is 3.04. The molecule has 0 fully saturated rings. The first kappa shape index (κ1) is 15.9. The van der Waals surface area contributed by atoms with Gasteiger partial charge in [-0.05, 0) is 25.1 Å². The topological polar surface area (TPSA) is 49.8 Å². The van der Waals surface area contributed by atoms with Gasteiger partial charge in [0.2, 0.25) is 0 Å². The largest absolute Gasteiger partial charge is 0.373 e. The van der Waals surface area contributed by atoms with Gasteiger partial charge in [0.25, 0.3) is 0 Å². The van der Waals surface area contributed by atoms with Crippen molar-refractivity contribution >= 4 is 40.5 Å². The van der Waals surface area contributed by atoms with Crippen LogP contribution in [0.2, 0.25) is 10.0 Å². The molecule has 0 amide bonds. The van der Waals surface area contributed by atoms with Crippen LogP contribution in [0.3, 0.4) is 0 Å². The summed E-state index contributed by atoms with van der Waals surface area (Å²) in [6.07, 6.45) is 0. The summed E-state index contributed by atoms with van der Waals surface area (Å²) in [6, 6.07) is 5.31. The molecule has 0 atom stereocenters. The molecule has 6 heteroatoms. The molecule has 1 heterocycles. The van der Waals surface area contributed by atoms with Crippen LogP contribution in [-0.4, -0.2) is 17.0 Å². The number of nitrogens with zero attached hydrogens (tertiary/aromatic N) is 2. The van der Waals surface area contributed by atoms with Gasteiger partial charge in [0.05, 0.1) is 0 Å². The molecule has 0 unspecified atom stereocenters. The molecule has 1 aromatic carbocycles. The summed E-state index contributed by atoms with van der Waals surface area (Å²) in [4.78, 5) is 9.10. The molecule has 2 aromatic rings. The molecule has 0 radical (unpaired) electrons. The van der Waals surface area contributed by atoms with Crippen molar-refractivity contribution in [3.05, 3.63) is 39.6 Å². The van der Waals surface area contributed by atoms with Crippen molar-refractivity contribution in [3.63, 3.8) is 0 Å². The van der Waals surface area contributed by atoms with Gasteiger partial charge in [-0.15, -0.1) is 0 Å². The summed E-state index contributed by atoms with van der Waals surface area (Å²) in [5.41, 5.74) is 1.74. The molecular weight excluding hydrogens is 307 g/mol. The standard InChI is InChI=1S/C15H18Cl2N4/c1-8(2)13-20-14(18-4)9(3)15(21-13)19-12-6-10(16)5-11(17)7-12/h5-8H,1-4H3,(H2,18,19,20,21). The van der Waals surface area contributed by atoms with E-state index in [0.717, 1.165) is 28.7 Å². The molecule has 2 rings (SSSR count). The summed E-state index contributed by atoms with van der Waals surface area (Å²) in [7, 11) is 1.85. The fourth-order valence-electron chi connectivity index (χ4n) is 1.92. The Balaban J connectivity index is 2.45. The zero-order valence-electron chi connectivity index (χ0n) is 12.5. The van der Waals surface area contributed by atoms with Crippen molar-refractivity contribution < 1.29 is 0 Å². The molecule has 112 valence electrons. The Bertz CT molecular complexity index is 636. The Kier molecular flexibility index (Phi) is 4.91. The van der Waals surface area contributed by atoms with Crippen LogP contribution in [0.4, 0.5) is 17.3 Å². The number of halogens is 2. The number of hydrogen-bond acceptors (Lipinski definition) is 4. The van der Waals surface area contributed by atoms with Gasteiger partial charge in [-0.25, -0.2) is 9.97 Å². The molecule has 4 nitrogen and oxygen atoms in total. The second-order valence-electron chi connectivity index (χ2n) is 5.09. The highest BCUT2D eigenvalue weighted by atomic mass is 35.5. The van der Waals surface area contributed by atoms with Gasteiger partial charge < -0.3 is 10.6 Å². The fourth-order valence-corrected chi connectivity index (χ4v) is 2.45. The van der Waals surface area contributed by atoms with Crippen molar-refractivity contribution in [2.24, 2.45) is 0 Å². The summed E-state index contributed by atoms with van der Waals surface area (Å²) in [6.45, 7) is 6.08. The zero-order chi connectivity index (χ0) is 15.6. The SMILES string of the molecule is CNc1nc(C(C)C)nc(Nc2cc(Cl)cc(Cl)c2)c1C. The predicted molar refractivity (Wildman–Crippen MR) is 90.1 cm³/mol. The van der Waals surface area contributed by atoms with E-state index in [1.165, 1.54) is 0 Å². The highest BCUT2D eigenvalue weighted by Crippen LogP contribution is 2.28. The molecule has 21 heavy (non-hydrogen) atoms. The average molecular weight is 325 g/mol. The van der Waals surface area contributed by atoms with E-state index in [1.54, 1.807) is 6.07 Å². The summed E-state index contributed by atoms with van der Waals surface area (Å²) >= 11 is 12.1. The van der Waals surface area contributed by atoms with Gasteiger partial charge in [0.1, 0.15) is 17.5 Å². The van der Waals surface area contributed by atoms with Crippen LogP contribution < -0.4 is 10.6 Å². The maximum Gasteiger partial charge on any atom is 0.139 e. The number of anilines is 3. The van der Waals surface area contributed by atoms with Gasteiger partial charge in [-0.1, -0.05) is 37.0 Å². The van der Waals surface area contributed by atoms with Crippen LogP contribution in [-0.2, 0) is 0 Å². The summed E-state index contributed by atoms with van der Waals surface area (Å²) < 4.78 is 0. The third kappa shape index (κ3) is 3.77. The minimum atomic E-state index is 0.237. The van der Waals surface area contributed by atoms with Crippen LogP contribution in [0.5, 0.6) is 0 Å². The quantitative estimate of drug-likeness (QED) is 0.830. The second kappa shape index (κ2) is 6.50. The molecule has 2 N–H and O–H groups in total.